The molecule has 3 rings (SSSR count). The molecule has 0 aromatic heterocycles. The molecule has 0 unspecified atom stereocenters. The first-order valence-corrected chi connectivity index (χ1v) is 9.89. The van der Waals surface area contributed by atoms with Crippen LogP contribution in [-0.2, 0) is 0 Å². The number of rotatable bonds is 5. The van der Waals surface area contributed by atoms with Crippen LogP contribution in [-0.4, -0.2) is 18.1 Å². The molecule has 1 aromatic rings. The molecule has 1 N–H and O–H groups in total. The lowest BCUT2D eigenvalue weighted by molar-refractivity contribution is 0.398. The normalized spacial score (nSPS) is 20.7. The quantitative estimate of drug-likeness (QED) is 0.719. The zero-order valence-electron chi connectivity index (χ0n) is 15.1. The van der Waals surface area contributed by atoms with E-state index < -0.39 is 0 Å². The van der Waals surface area contributed by atoms with Gasteiger partial charge in [0.25, 0.3) is 0 Å². The van der Waals surface area contributed by atoms with Crippen LogP contribution in [0.3, 0.4) is 0 Å². The molecule has 0 heterocycles. The van der Waals surface area contributed by atoms with Crippen LogP contribution in [0.25, 0.3) is 0 Å². The van der Waals surface area contributed by atoms with Crippen LogP contribution in [0, 0.1) is 0 Å². The van der Waals surface area contributed by atoms with Gasteiger partial charge in [0.15, 0.2) is 0 Å². The van der Waals surface area contributed by atoms with Gasteiger partial charge in [0.05, 0.1) is 0 Å². The molecule has 0 aliphatic heterocycles. The molecule has 0 atom stereocenters. The van der Waals surface area contributed by atoms with Crippen molar-refractivity contribution in [2.24, 2.45) is 0 Å². The van der Waals surface area contributed by atoms with Gasteiger partial charge in [-0.1, -0.05) is 38.5 Å². The Morgan fingerprint density at radius 2 is 1.39 bits per heavy atom. The van der Waals surface area contributed by atoms with Crippen molar-refractivity contribution in [2.75, 3.05) is 10.2 Å². The fourth-order valence-electron chi connectivity index (χ4n) is 4.50. The van der Waals surface area contributed by atoms with Crippen LogP contribution in [0.4, 0.5) is 11.4 Å². The summed E-state index contributed by atoms with van der Waals surface area (Å²) in [7, 11) is 0. The van der Waals surface area contributed by atoms with Gasteiger partial charge in [-0.05, 0) is 63.8 Å². The van der Waals surface area contributed by atoms with Crippen LogP contribution in [0.2, 0.25) is 0 Å². The minimum Gasteiger partial charge on any atom is -0.382 e. The second-order valence-corrected chi connectivity index (χ2v) is 7.82. The van der Waals surface area contributed by atoms with E-state index in [-0.39, 0.29) is 0 Å². The summed E-state index contributed by atoms with van der Waals surface area (Å²) in [5, 5.41) is 3.74. The van der Waals surface area contributed by atoms with Crippen molar-refractivity contribution < 1.29 is 0 Å². The smallest absolute Gasteiger partial charge is 0.0372 e. The third-order valence-corrected chi connectivity index (χ3v) is 5.67. The minimum absolute atomic E-state index is 0.579. The zero-order valence-corrected chi connectivity index (χ0v) is 15.1. The first kappa shape index (κ1) is 16.7. The SMILES string of the molecule is CC(C)N(c1ccc(NC2CCCCC2)cc1)C1CCCCC1. The van der Waals surface area contributed by atoms with Crippen molar-refractivity contribution in [1.82, 2.24) is 0 Å². The molecular formula is C21H34N2. The van der Waals surface area contributed by atoms with E-state index in [1.807, 2.05) is 0 Å². The summed E-state index contributed by atoms with van der Waals surface area (Å²) in [6, 6.07) is 11.3. The minimum atomic E-state index is 0.579. The zero-order chi connectivity index (χ0) is 16.1. The van der Waals surface area contributed by atoms with E-state index in [0.717, 1.165) is 6.04 Å². The maximum absolute atomic E-state index is 3.74. The average Bonchev–Trinajstić information content (AvgIpc) is 2.58. The van der Waals surface area contributed by atoms with Gasteiger partial charge in [-0.15, -0.1) is 0 Å². The van der Waals surface area contributed by atoms with Gasteiger partial charge in [-0.25, -0.2) is 0 Å². The van der Waals surface area contributed by atoms with Gasteiger partial charge in [0, 0.05) is 29.5 Å². The van der Waals surface area contributed by atoms with Crippen molar-refractivity contribution >= 4 is 11.4 Å². The number of nitrogens with zero attached hydrogens (tertiary/aromatic N) is 1. The van der Waals surface area contributed by atoms with E-state index in [4.69, 9.17) is 0 Å². The molecule has 2 aliphatic carbocycles. The standard InChI is InChI=1S/C21H34N2/c1-17(2)23(20-11-7-4-8-12-20)21-15-13-19(14-16-21)22-18-9-5-3-6-10-18/h13-18,20,22H,3-12H2,1-2H3. The lowest BCUT2D eigenvalue weighted by Crippen LogP contribution is -2.41. The Morgan fingerprint density at radius 3 is 1.96 bits per heavy atom. The Morgan fingerprint density at radius 1 is 0.826 bits per heavy atom. The number of anilines is 2. The second-order valence-electron chi connectivity index (χ2n) is 7.82. The van der Waals surface area contributed by atoms with Gasteiger partial charge in [0.1, 0.15) is 0 Å². The Bertz CT molecular complexity index is 453. The molecule has 128 valence electrons. The lowest BCUT2D eigenvalue weighted by Gasteiger charge is -2.39. The van der Waals surface area contributed by atoms with Crippen molar-refractivity contribution in [1.29, 1.82) is 0 Å². The Labute approximate surface area is 142 Å². The van der Waals surface area contributed by atoms with Crippen LogP contribution >= 0.6 is 0 Å². The lowest BCUT2D eigenvalue weighted by atomic mass is 9.93. The van der Waals surface area contributed by atoms with E-state index in [9.17, 15) is 0 Å². The Hall–Kier alpha value is -1.18. The molecule has 0 amide bonds. The Balaban J connectivity index is 1.66. The first-order chi connectivity index (χ1) is 11.2. The molecule has 2 heteroatoms. The van der Waals surface area contributed by atoms with E-state index in [2.05, 4.69) is 48.3 Å². The average molecular weight is 315 g/mol. The third kappa shape index (κ3) is 4.43. The fourth-order valence-corrected chi connectivity index (χ4v) is 4.50. The molecule has 2 aliphatic rings. The second kappa shape index (κ2) is 8.08. The van der Waals surface area contributed by atoms with Gasteiger partial charge < -0.3 is 10.2 Å². The number of nitrogens with one attached hydrogen (secondary N) is 1. The first-order valence-electron chi connectivity index (χ1n) is 9.89. The van der Waals surface area contributed by atoms with E-state index in [1.165, 1.54) is 75.6 Å². The maximum atomic E-state index is 3.74. The molecule has 1 aromatic carbocycles. The van der Waals surface area contributed by atoms with E-state index >= 15 is 0 Å². The van der Waals surface area contributed by atoms with Crippen molar-refractivity contribution in [3.63, 3.8) is 0 Å². The highest BCUT2D eigenvalue weighted by Crippen LogP contribution is 2.30. The highest BCUT2D eigenvalue weighted by Gasteiger charge is 2.23. The molecule has 23 heavy (non-hydrogen) atoms. The highest BCUT2D eigenvalue weighted by atomic mass is 15.2. The number of hydrogen-bond donors (Lipinski definition) is 1. The largest absolute Gasteiger partial charge is 0.382 e. The van der Waals surface area contributed by atoms with Crippen molar-refractivity contribution in [3.8, 4) is 0 Å². The van der Waals surface area contributed by atoms with Crippen LogP contribution in [0.5, 0.6) is 0 Å². The topological polar surface area (TPSA) is 15.3 Å². The van der Waals surface area contributed by atoms with Gasteiger partial charge >= 0.3 is 0 Å². The predicted octanol–water partition coefficient (Wildman–Crippen LogP) is 5.98. The van der Waals surface area contributed by atoms with E-state index in [1.54, 1.807) is 0 Å². The summed E-state index contributed by atoms with van der Waals surface area (Å²) in [6.45, 7) is 4.67. The predicted molar refractivity (Wildman–Crippen MR) is 101 cm³/mol. The van der Waals surface area contributed by atoms with Gasteiger partial charge in [-0.3, -0.25) is 0 Å². The summed E-state index contributed by atoms with van der Waals surface area (Å²) < 4.78 is 0. The molecule has 0 bridgehead atoms. The number of benzene rings is 1. The number of hydrogen-bond acceptors (Lipinski definition) is 2. The summed E-state index contributed by atoms with van der Waals surface area (Å²) in [4.78, 5) is 2.66. The molecule has 2 fully saturated rings. The summed E-state index contributed by atoms with van der Waals surface area (Å²) in [6.07, 6.45) is 13.8. The molecule has 2 nitrogen and oxygen atoms in total. The maximum Gasteiger partial charge on any atom is 0.0372 e. The van der Waals surface area contributed by atoms with Crippen LogP contribution in [0.15, 0.2) is 24.3 Å². The van der Waals surface area contributed by atoms with Crippen molar-refractivity contribution in [2.45, 2.75) is 96.2 Å². The molecule has 0 radical (unpaired) electrons. The van der Waals surface area contributed by atoms with Gasteiger partial charge in [0.2, 0.25) is 0 Å². The summed E-state index contributed by atoms with van der Waals surface area (Å²) in [5.41, 5.74) is 2.70. The Kier molecular flexibility index (Phi) is 5.85. The van der Waals surface area contributed by atoms with Crippen LogP contribution < -0.4 is 10.2 Å². The molecule has 0 spiro atoms. The van der Waals surface area contributed by atoms with Crippen molar-refractivity contribution in [3.05, 3.63) is 24.3 Å². The monoisotopic (exact) mass is 314 g/mol. The molecule has 2 saturated carbocycles. The van der Waals surface area contributed by atoms with Crippen LogP contribution in [0.1, 0.15) is 78.1 Å². The van der Waals surface area contributed by atoms with E-state index in [0.29, 0.717) is 12.1 Å². The molecule has 0 saturated heterocycles. The highest BCUT2D eigenvalue weighted by molar-refractivity contribution is 5.56. The fraction of sp³-hybridized carbons (Fsp3) is 0.714. The van der Waals surface area contributed by atoms with Gasteiger partial charge in [-0.2, -0.15) is 0 Å². The molecular weight excluding hydrogens is 280 g/mol. The summed E-state index contributed by atoms with van der Waals surface area (Å²) >= 11 is 0. The summed E-state index contributed by atoms with van der Waals surface area (Å²) in [5.74, 6) is 0. The third-order valence-electron chi connectivity index (χ3n) is 5.67.